The zero-order valence-electron chi connectivity index (χ0n) is 12.7. The normalized spacial score (nSPS) is 11.2. The van der Waals surface area contributed by atoms with Gasteiger partial charge in [0.1, 0.15) is 0 Å². The van der Waals surface area contributed by atoms with E-state index < -0.39 is 17.8 Å². The highest BCUT2D eigenvalue weighted by Crippen LogP contribution is 2.29. The minimum absolute atomic E-state index is 0.000689. The van der Waals surface area contributed by atoms with E-state index in [9.17, 15) is 22.8 Å². The van der Waals surface area contributed by atoms with Gasteiger partial charge in [0.15, 0.2) is 5.78 Å². The number of benzene rings is 1. The van der Waals surface area contributed by atoms with Crippen molar-refractivity contribution in [2.75, 3.05) is 11.9 Å². The maximum absolute atomic E-state index is 12.4. The summed E-state index contributed by atoms with van der Waals surface area (Å²) in [4.78, 5) is 24.5. The second-order valence-electron chi connectivity index (χ2n) is 5.03. The topological polar surface area (TPSA) is 58.2 Å². The molecule has 2 rings (SSSR count). The monoisotopic (exact) mass is 356 g/mol. The molecule has 2 N–H and O–H groups in total. The van der Waals surface area contributed by atoms with Crippen LogP contribution in [0.2, 0.25) is 0 Å². The summed E-state index contributed by atoms with van der Waals surface area (Å²) in [7, 11) is 0. The molecule has 24 heavy (non-hydrogen) atoms. The fraction of sp³-hybridized carbons (Fsp3) is 0.250. The minimum Gasteiger partial charge on any atom is -0.338 e. The van der Waals surface area contributed by atoms with Crippen LogP contribution in [0.5, 0.6) is 0 Å². The van der Waals surface area contributed by atoms with Crippen LogP contribution in [0.25, 0.3) is 0 Å². The van der Waals surface area contributed by atoms with Crippen molar-refractivity contribution in [3.63, 3.8) is 0 Å². The number of thiophene rings is 1. The van der Waals surface area contributed by atoms with Gasteiger partial charge in [0, 0.05) is 17.1 Å². The maximum Gasteiger partial charge on any atom is 0.416 e. The molecule has 0 radical (unpaired) electrons. The summed E-state index contributed by atoms with van der Waals surface area (Å²) in [6.07, 6.45) is -3.83. The van der Waals surface area contributed by atoms with Crippen molar-refractivity contribution in [3.8, 4) is 0 Å². The third-order valence-electron chi connectivity index (χ3n) is 3.14. The largest absolute Gasteiger partial charge is 0.416 e. The first kappa shape index (κ1) is 18.0. The predicted molar refractivity (Wildman–Crippen MR) is 86.5 cm³/mol. The quantitative estimate of drug-likeness (QED) is 0.783. The summed E-state index contributed by atoms with van der Waals surface area (Å²) < 4.78 is 37.3. The molecule has 2 amide bonds. The molecule has 0 aliphatic heterocycles. The van der Waals surface area contributed by atoms with E-state index in [1.54, 1.807) is 6.07 Å². The predicted octanol–water partition coefficient (Wildman–Crippen LogP) is 4.33. The van der Waals surface area contributed by atoms with Crippen LogP contribution in [0.1, 0.15) is 27.0 Å². The zero-order chi connectivity index (χ0) is 17.7. The molecular formula is C16H15F3N2O2S. The Morgan fingerprint density at radius 3 is 2.29 bits per heavy atom. The molecule has 0 spiro atoms. The van der Waals surface area contributed by atoms with Crippen LogP contribution in [0.3, 0.4) is 0 Å². The van der Waals surface area contributed by atoms with Gasteiger partial charge in [-0.2, -0.15) is 13.2 Å². The van der Waals surface area contributed by atoms with Crippen LogP contribution in [-0.2, 0) is 12.6 Å². The van der Waals surface area contributed by atoms with Crippen LogP contribution in [0.15, 0.2) is 36.4 Å². The summed E-state index contributed by atoms with van der Waals surface area (Å²) >= 11 is 1.37. The van der Waals surface area contributed by atoms with E-state index in [4.69, 9.17) is 0 Å². The summed E-state index contributed by atoms with van der Waals surface area (Å²) in [5, 5.41) is 5.07. The molecule has 1 aromatic carbocycles. The molecule has 1 aromatic heterocycles. The number of carbonyl (C=O) groups is 2. The SMILES string of the molecule is CC(=O)c1ccc(CCNC(=O)Nc2ccc(C(F)(F)F)cc2)s1. The van der Waals surface area contributed by atoms with Crippen molar-refractivity contribution in [3.05, 3.63) is 51.7 Å². The number of amides is 2. The first-order valence-corrected chi connectivity index (χ1v) is 7.89. The average molecular weight is 356 g/mol. The second kappa shape index (κ2) is 7.48. The van der Waals surface area contributed by atoms with Crippen LogP contribution in [-0.4, -0.2) is 18.4 Å². The summed E-state index contributed by atoms with van der Waals surface area (Å²) in [5.41, 5.74) is -0.497. The van der Waals surface area contributed by atoms with Gasteiger partial charge in [-0.3, -0.25) is 4.79 Å². The number of hydrogen-bond acceptors (Lipinski definition) is 3. The van der Waals surface area contributed by atoms with E-state index in [1.165, 1.54) is 30.4 Å². The Labute approximate surface area is 140 Å². The van der Waals surface area contributed by atoms with Gasteiger partial charge >= 0.3 is 12.2 Å². The highest BCUT2D eigenvalue weighted by Gasteiger charge is 2.29. The van der Waals surface area contributed by atoms with Crippen molar-refractivity contribution in [2.24, 2.45) is 0 Å². The van der Waals surface area contributed by atoms with Gasteiger partial charge in [-0.1, -0.05) is 0 Å². The third kappa shape index (κ3) is 5.09. The number of Topliss-reactive ketones (excluding diaryl/α,β-unsaturated/α-hetero) is 1. The smallest absolute Gasteiger partial charge is 0.338 e. The Morgan fingerprint density at radius 2 is 1.75 bits per heavy atom. The minimum atomic E-state index is -4.40. The zero-order valence-corrected chi connectivity index (χ0v) is 13.6. The van der Waals surface area contributed by atoms with Gasteiger partial charge < -0.3 is 10.6 Å². The van der Waals surface area contributed by atoms with Gasteiger partial charge in [-0.25, -0.2) is 4.79 Å². The lowest BCUT2D eigenvalue weighted by atomic mass is 10.2. The molecule has 128 valence electrons. The van der Waals surface area contributed by atoms with E-state index >= 15 is 0 Å². The van der Waals surface area contributed by atoms with Gasteiger partial charge in [-0.15, -0.1) is 11.3 Å². The van der Waals surface area contributed by atoms with Crippen molar-refractivity contribution < 1.29 is 22.8 Å². The Bertz CT molecular complexity index is 724. The van der Waals surface area contributed by atoms with Crippen molar-refractivity contribution >= 4 is 28.8 Å². The lowest BCUT2D eigenvalue weighted by molar-refractivity contribution is -0.137. The Hall–Kier alpha value is -2.35. The van der Waals surface area contributed by atoms with E-state index in [-0.39, 0.29) is 11.5 Å². The summed E-state index contributed by atoms with van der Waals surface area (Å²) in [6.45, 7) is 1.84. The summed E-state index contributed by atoms with van der Waals surface area (Å²) in [6, 6.07) is 7.27. The Morgan fingerprint density at radius 1 is 1.08 bits per heavy atom. The van der Waals surface area contributed by atoms with Crippen LogP contribution < -0.4 is 10.6 Å². The van der Waals surface area contributed by atoms with Crippen LogP contribution >= 0.6 is 11.3 Å². The van der Waals surface area contributed by atoms with E-state index in [2.05, 4.69) is 10.6 Å². The lowest BCUT2D eigenvalue weighted by Crippen LogP contribution is -2.30. The first-order valence-electron chi connectivity index (χ1n) is 7.07. The molecule has 2 aromatic rings. The number of rotatable bonds is 5. The number of carbonyl (C=O) groups excluding carboxylic acids is 2. The Kier molecular flexibility index (Phi) is 5.61. The number of ketones is 1. The van der Waals surface area contributed by atoms with Gasteiger partial charge in [0.2, 0.25) is 0 Å². The molecule has 0 atom stereocenters. The molecule has 0 aliphatic carbocycles. The first-order chi connectivity index (χ1) is 11.3. The van der Waals surface area contributed by atoms with E-state index in [0.29, 0.717) is 17.8 Å². The molecule has 0 unspecified atom stereocenters. The number of urea groups is 1. The lowest BCUT2D eigenvalue weighted by Gasteiger charge is -2.09. The fourth-order valence-electron chi connectivity index (χ4n) is 1.92. The highest BCUT2D eigenvalue weighted by molar-refractivity contribution is 7.14. The maximum atomic E-state index is 12.4. The molecule has 0 fully saturated rings. The number of alkyl halides is 3. The van der Waals surface area contributed by atoms with E-state index in [1.807, 2.05) is 6.07 Å². The van der Waals surface area contributed by atoms with Crippen molar-refractivity contribution in [1.29, 1.82) is 0 Å². The highest BCUT2D eigenvalue weighted by atomic mass is 32.1. The second-order valence-corrected chi connectivity index (χ2v) is 6.20. The van der Waals surface area contributed by atoms with Crippen molar-refractivity contribution in [1.82, 2.24) is 5.32 Å². The molecule has 0 saturated heterocycles. The Balaban J connectivity index is 1.79. The summed E-state index contributed by atoms with van der Waals surface area (Å²) in [5.74, 6) is -0.000689. The number of anilines is 1. The number of nitrogens with one attached hydrogen (secondary N) is 2. The standard InChI is InChI=1S/C16H15F3N2O2S/c1-10(22)14-7-6-13(24-14)8-9-20-15(23)21-12-4-2-11(3-5-12)16(17,18)19/h2-7H,8-9H2,1H3,(H2,20,21,23). The molecule has 0 bridgehead atoms. The van der Waals surface area contributed by atoms with Crippen molar-refractivity contribution in [2.45, 2.75) is 19.5 Å². The molecule has 4 nitrogen and oxygen atoms in total. The number of hydrogen-bond donors (Lipinski definition) is 2. The molecular weight excluding hydrogens is 341 g/mol. The number of halogens is 3. The molecule has 1 heterocycles. The molecule has 8 heteroatoms. The van der Waals surface area contributed by atoms with Crippen LogP contribution in [0, 0.1) is 0 Å². The van der Waals surface area contributed by atoms with Gasteiger partial charge in [-0.05, 0) is 49.7 Å². The van der Waals surface area contributed by atoms with Gasteiger partial charge in [0.05, 0.1) is 10.4 Å². The van der Waals surface area contributed by atoms with E-state index in [0.717, 1.165) is 17.0 Å². The van der Waals surface area contributed by atoms with Gasteiger partial charge in [0.25, 0.3) is 0 Å². The molecule has 0 saturated carbocycles. The molecule has 0 aliphatic rings. The average Bonchev–Trinajstić information content (AvgIpc) is 2.96. The third-order valence-corrected chi connectivity index (χ3v) is 4.38. The van der Waals surface area contributed by atoms with Crippen LogP contribution in [0.4, 0.5) is 23.7 Å². The fourth-order valence-corrected chi connectivity index (χ4v) is 2.82.